The van der Waals surface area contributed by atoms with E-state index in [2.05, 4.69) is 10.2 Å². The van der Waals surface area contributed by atoms with Crippen molar-refractivity contribution in [1.82, 2.24) is 4.90 Å². The van der Waals surface area contributed by atoms with Crippen LogP contribution >= 0.6 is 11.8 Å². The number of aryl methyl sites for hydroxylation is 1. The normalized spacial score (nSPS) is 18.0. The molecule has 0 bridgehead atoms. The molecule has 1 fully saturated rings. The van der Waals surface area contributed by atoms with Crippen LogP contribution in [0.5, 0.6) is 0 Å². The van der Waals surface area contributed by atoms with Gasteiger partial charge >= 0.3 is 5.97 Å². The Bertz CT molecular complexity index is 1100. The molecular weight excluding hydrogens is 434 g/mol. The summed E-state index contributed by atoms with van der Waals surface area (Å²) in [4.78, 5) is 32.5. The molecule has 0 radical (unpaired) electrons. The van der Waals surface area contributed by atoms with Crippen molar-refractivity contribution in [3.63, 3.8) is 0 Å². The molecule has 0 saturated carbocycles. The van der Waals surface area contributed by atoms with E-state index in [1.807, 2.05) is 76.2 Å². The fourth-order valence-corrected chi connectivity index (χ4v) is 5.03. The van der Waals surface area contributed by atoms with Gasteiger partial charge in [0.2, 0.25) is 0 Å². The minimum absolute atomic E-state index is 0.154. The highest BCUT2D eigenvalue weighted by atomic mass is 32.2. The lowest BCUT2D eigenvalue weighted by atomic mass is 9.94. The number of nitrogens with zero attached hydrogens (tertiary/aromatic N) is 2. The maximum absolute atomic E-state index is 13.0. The van der Waals surface area contributed by atoms with Crippen molar-refractivity contribution in [1.29, 1.82) is 0 Å². The lowest BCUT2D eigenvalue weighted by Crippen LogP contribution is -2.42. The molecule has 2 heterocycles. The summed E-state index contributed by atoms with van der Waals surface area (Å²) in [6, 6.07) is 14.9. The minimum atomic E-state index is -0.331. The summed E-state index contributed by atoms with van der Waals surface area (Å²) in [7, 11) is 0. The Morgan fingerprint density at radius 2 is 1.79 bits per heavy atom. The van der Waals surface area contributed by atoms with Crippen LogP contribution in [0.25, 0.3) is 0 Å². The second-order valence-electron chi connectivity index (χ2n) is 8.59. The van der Waals surface area contributed by atoms with Gasteiger partial charge in [0, 0.05) is 23.5 Å². The fraction of sp³-hybridized carbons (Fsp3) is 0.346. The second-order valence-corrected chi connectivity index (χ2v) is 9.65. The molecule has 0 aliphatic carbocycles. The molecule has 0 spiro atoms. The number of allylic oxidation sites excluding steroid dienone is 1. The fourth-order valence-electron chi connectivity index (χ4n) is 4.01. The van der Waals surface area contributed by atoms with Gasteiger partial charge in [0.25, 0.3) is 5.91 Å². The molecule has 2 aliphatic heterocycles. The van der Waals surface area contributed by atoms with Gasteiger partial charge in [-0.05, 0) is 63.9 Å². The summed E-state index contributed by atoms with van der Waals surface area (Å²) in [5.41, 5.74) is 4.66. The molecule has 2 aromatic carbocycles. The van der Waals surface area contributed by atoms with Gasteiger partial charge in [-0.3, -0.25) is 4.79 Å². The third-order valence-corrected chi connectivity index (χ3v) is 6.70. The Morgan fingerprint density at radius 1 is 1.09 bits per heavy atom. The number of thioether (sulfide) groups is 1. The van der Waals surface area contributed by atoms with Crippen molar-refractivity contribution in [2.24, 2.45) is 4.99 Å². The number of fused-ring (bicyclic) bond motifs is 1. The predicted molar refractivity (Wildman–Crippen MR) is 133 cm³/mol. The van der Waals surface area contributed by atoms with E-state index in [0.29, 0.717) is 22.5 Å². The number of anilines is 1. The van der Waals surface area contributed by atoms with Crippen molar-refractivity contribution >= 4 is 34.5 Å². The first-order chi connectivity index (χ1) is 15.8. The lowest BCUT2D eigenvalue weighted by Gasteiger charge is -2.40. The van der Waals surface area contributed by atoms with Crippen LogP contribution in [0, 0.1) is 6.92 Å². The average Bonchev–Trinajstić information content (AvgIpc) is 2.78. The maximum atomic E-state index is 13.0. The molecule has 1 amide bonds. The average molecular weight is 464 g/mol. The second kappa shape index (κ2) is 9.83. The Balaban J connectivity index is 1.61. The number of aliphatic imine (C=N–C) groups is 1. The van der Waals surface area contributed by atoms with Crippen molar-refractivity contribution in [3.05, 3.63) is 76.5 Å². The summed E-state index contributed by atoms with van der Waals surface area (Å²) in [6.45, 7) is 8.39. The first-order valence-corrected chi connectivity index (χ1v) is 12.2. The van der Waals surface area contributed by atoms with E-state index in [-0.39, 0.29) is 24.0 Å². The summed E-state index contributed by atoms with van der Waals surface area (Å²) >= 11 is 1.72. The van der Waals surface area contributed by atoms with Gasteiger partial charge in [-0.1, -0.05) is 41.6 Å². The molecule has 172 valence electrons. The van der Waals surface area contributed by atoms with E-state index in [1.54, 1.807) is 11.8 Å². The number of hydrogen-bond donors (Lipinski definition) is 1. The zero-order chi connectivity index (χ0) is 23.5. The number of amidine groups is 1. The van der Waals surface area contributed by atoms with Crippen LogP contribution < -0.4 is 5.32 Å². The zero-order valence-electron chi connectivity index (χ0n) is 19.4. The summed E-state index contributed by atoms with van der Waals surface area (Å²) in [6.07, 6.45) is 0.815. The molecule has 1 N–H and O–H groups in total. The van der Waals surface area contributed by atoms with E-state index in [1.165, 1.54) is 0 Å². The lowest BCUT2D eigenvalue weighted by molar-refractivity contribution is -0.143. The molecule has 2 aromatic rings. The van der Waals surface area contributed by atoms with Gasteiger partial charge in [-0.25, -0.2) is 9.79 Å². The van der Waals surface area contributed by atoms with Crippen molar-refractivity contribution in [2.75, 3.05) is 17.6 Å². The van der Waals surface area contributed by atoms with E-state index in [4.69, 9.17) is 9.73 Å². The standard InChI is InChI=1S/C26H29N3O3S/c1-16(2)32-25(31)22-18(4)27-26-29(14-5-15-33-26)23(22)19-10-12-21(13-11-19)28-24(30)20-8-6-17(3)7-9-20/h6-13,16,23H,5,14-15H2,1-4H3,(H,28,30). The Hall–Kier alpha value is -3.06. The first kappa shape index (κ1) is 23.1. The van der Waals surface area contributed by atoms with Crippen LogP contribution in [0.2, 0.25) is 0 Å². The first-order valence-electron chi connectivity index (χ1n) is 11.2. The molecule has 1 atom stereocenters. The van der Waals surface area contributed by atoms with E-state index in [9.17, 15) is 9.59 Å². The largest absolute Gasteiger partial charge is 0.459 e. The molecule has 2 aliphatic rings. The zero-order valence-corrected chi connectivity index (χ0v) is 20.2. The van der Waals surface area contributed by atoms with Gasteiger partial charge in [0.15, 0.2) is 5.17 Å². The number of nitrogens with one attached hydrogen (secondary N) is 1. The van der Waals surface area contributed by atoms with Gasteiger partial charge in [0.1, 0.15) is 0 Å². The third kappa shape index (κ3) is 5.14. The number of amides is 1. The highest BCUT2D eigenvalue weighted by Crippen LogP contribution is 2.40. The molecular formula is C26H29N3O3S. The summed E-state index contributed by atoms with van der Waals surface area (Å²) in [5, 5.41) is 3.89. The summed E-state index contributed by atoms with van der Waals surface area (Å²) in [5.74, 6) is 0.535. The smallest absolute Gasteiger partial charge is 0.338 e. The van der Waals surface area contributed by atoms with Crippen LogP contribution in [0.1, 0.15) is 54.7 Å². The number of rotatable bonds is 5. The van der Waals surface area contributed by atoms with Crippen LogP contribution in [-0.4, -0.2) is 40.3 Å². The van der Waals surface area contributed by atoms with Crippen molar-refractivity contribution in [3.8, 4) is 0 Å². The number of esters is 1. The van der Waals surface area contributed by atoms with Gasteiger partial charge in [-0.15, -0.1) is 0 Å². The monoisotopic (exact) mass is 463 g/mol. The quantitative estimate of drug-likeness (QED) is 0.608. The number of carbonyl (C=O) groups is 2. The molecule has 6 nitrogen and oxygen atoms in total. The minimum Gasteiger partial charge on any atom is -0.459 e. The number of hydrogen-bond acceptors (Lipinski definition) is 6. The van der Waals surface area contributed by atoms with Crippen LogP contribution in [-0.2, 0) is 9.53 Å². The highest BCUT2D eigenvalue weighted by molar-refractivity contribution is 8.13. The Labute approximate surface area is 199 Å². The SMILES string of the molecule is CC1=C(C(=O)OC(C)C)C(c2ccc(NC(=O)c3ccc(C)cc3)cc2)N2CCCSC2=N1. The van der Waals surface area contributed by atoms with Crippen LogP contribution in [0.15, 0.2) is 64.8 Å². The predicted octanol–water partition coefficient (Wildman–Crippen LogP) is 5.32. The molecule has 33 heavy (non-hydrogen) atoms. The van der Waals surface area contributed by atoms with E-state index < -0.39 is 0 Å². The number of benzene rings is 2. The molecule has 1 saturated heterocycles. The van der Waals surface area contributed by atoms with Crippen molar-refractivity contribution < 1.29 is 14.3 Å². The van der Waals surface area contributed by atoms with Gasteiger partial charge < -0.3 is 15.0 Å². The molecule has 4 rings (SSSR count). The molecule has 0 aromatic heterocycles. The van der Waals surface area contributed by atoms with Crippen LogP contribution in [0.3, 0.4) is 0 Å². The van der Waals surface area contributed by atoms with Crippen LogP contribution in [0.4, 0.5) is 5.69 Å². The van der Waals surface area contributed by atoms with Gasteiger partial charge in [0.05, 0.1) is 23.4 Å². The maximum Gasteiger partial charge on any atom is 0.338 e. The summed E-state index contributed by atoms with van der Waals surface area (Å²) < 4.78 is 5.57. The number of carbonyl (C=O) groups excluding carboxylic acids is 2. The van der Waals surface area contributed by atoms with Crippen molar-refractivity contribution in [2.45, 2.75) is 46.3 Å². The number of ether oxygens (including phenoxy) is 1. The Morgan fingerprint density at radius 3 is 2.45 bits per heavy atom. The molecule has 7 heteroatoms. The van der Waals surface area contributed by atoms with E-state index >= 15 is 0 Å². The van der Waals surface area contributed by atoms with E-state index in [0.717, 1.165) is 35.0 Å². The Kier molecular flexibility index (Phi) is 6.88. The third-order valence-electron chi connectivity index (χ3n) is 5.62. The topological polar surface area (TPSA) is 71.0 Å². The van der Waals surface area contributed by atoms with Gasteiger partial charge in [-0.2, -0.15) is 0 Å². The molecule has 1 unspecified atom stereocenters. The highest BCUT2D eigenvalue weighted by Gasteiger charge is 2.38.